The number of fused-ring (bicyclic) bond motifs is 1. The molecule has 0 bridgehead atoms. The molecule has 0 saturated carbocycles. The second-order valence-corrected chi connectivity index (χ2v) is 7.28. The molecule has 0 N–H and O–H groups in total. The Bertz CT molecular complexity index is 410. The zero-order valence-electron chi connectivity index (χ0n) is 12.8. The summed E-state index contributed by atoms with van der Waals surface area (Å²) in [5, 5.41) is 0. The molecular formula is C18H28S. The minimum absolute atomic E-state index is 0.385. The van der Waals surface area contributed by atoms with Crippen LogP contribution < -0.4 is 0 Å². The summed E-state index contributed by atoms with van der Waals surface area (Å²) in [7, 11) is 0. The number of benzene rings is 1. The zero-order chi connectivity index (χ0) is 13.7. The van der Waals surface area contributed by atoms with E-state index in [4.69, 9.17) is 0 Å². The van der Waals surface area contributed by atoms with E-state index in [1.54, 1.807) is 11.1 Å². The Hall–Kier alpha value is -0.430. The van der Waals surface area contributed by atoms with Crippen molar-refractivity contribution in [2.75, 3.05) is 5.75 Å². The molecule has 0 fully saturated rings. The van der Waals surface area contributed by atoms with Crippen molar-refractivity contribution in [3.05, 3.63) is 29.3 Å². The predicted octanol–water partition coefficient (Wildman–Crippen LogP) is 5.97. The fraction of sp³-hybridized carbons (Fsp3) is 0.667. The molecule has 1 aliphatic heterocycles. The van der Waals surface area contributed by atoms with E-state index in [1.807, 2.05) is 11.8 Å². The highest BCUT2D eigenvalue weighted by Gasteiger charge is 2.25. The fourth-order valence-electron chi connectivity index (χ4n) is 3.03. The van der Waals surface area contributed by atoms with E-state index in [-0.39, 0.29) is 0 Å². The van der Waals surface area contributed by atoms with Crippen LogP contribution in [0.5, 0.6) is 0 Å². The Morgan fingerprint density at radius 3 is 2.74 bits per heavy atom. The minimum atomic E-state index is 0.385. The van der Waals surface area contributed by atoms with Crippen LogP contribution in [-0.2, 0) is 11.8 Å². The third kappa shape index (κ3) is 3.56. The molecule has 0 aliphatic carbocycles. The molecule has 0 radical (unpaired) electrons. The van der Waals surface area contributed by atoms with Gasteiger partial charge in [-0.3, -0.25) is 0 Å². The first-order valence-corrected chi connectivity index (χ1v) is 8.94. The number of thioether (sulfide) groups is 1. The van der Waals surface area contributed by atoms with Crippen LogP contribution in [0.3, 0.4) is 0 Å². The smallest absolute Gasteiger partial charge is 0.0105 e. The lowest BCUT2D eigenvalue weighted by atomic mass is 9.75. The van der Waals surface area contributed by atoms with E-state index in [2.05, 4.69) is 39.0 Å². The van der Waals surface area contributed by atoms with Gasteiger partial charge < -0.3 is 0 Å². The lowest BCUT2D eigenvalue weighted by Crippen LogP contribution is -2.21. The molecule has 0 nitrogen and oxygen atoms in total. The van der Waals surface area contributed by atoms with Crippen molar-refractivity contribution in [1.29, 1.82) is 0 Å². The molecule has 1 heterocycles. The van der Waals surface area contributed by atoms with Gasteiger partial charge in [0, 0.05) is 10.6 Å². The molecule has 0 spiro atoms. The van der Waals surface area contributed by atoms with Gasteiger partial charge in [-0.1, -0.05) is 58.6 Å². The van der Waals surface area contributed by atoms with Crippen molar-refractivity contribution in [2.24, 2.45) is 0 Å². The van der Waals surface area contributed by atoms with Gasteiger partial charge in [0.05, 0.1) is 0 Å². The van der Waals surface area contributed by atoms with Crippen LogP contribution in [0.4, 0.5) is 0 Å². The van der Waals surface area contributed by atoms with Gasteiger partial charge in [-0.25, -0.2) is 0 Å². The van der Waals surface area contributed by atoms with Crippen molar-refractivity contribution >= 4 is 11.8 Å². The van der Waals surface area contributed by atoms with Gasteiger partial charge in [-0.2, -0.15) is 0 Å². The Morgan fingerprint density at radius 1 is 1.16 bits per heavy atom. The topological polar surface area (TPSA) is 0 Å². The largest absolute Gasteiger partial charge is 0.126 e. The number of unbranched alkanes of at least 4 members (excludes halogenated alkanes) is 3. The monoisotopic (exact) mass is 276 g/mol. The highest BCUT2D eigenvalue weighted by Crippen LogP contribution is 2.38. The predicted molar refractivity (Wildman–Crippen MR) is 87.3 cm³/mol. The summed E-state index contributed by atoms with van der Waals surface area (Å²) >= 11 is 2.02. The summed E-state index contributed by atoms with van der Waals surface area (Å²) in [6.07, 6.45) is 9.36. The van der Waals surface area contributed by atoms with Gasteiger partial charge in [0.2, 0.25) is 0 Å². The van der Waals surface area contributed by atoms with Gasteiger partial charge in [0.15, 0.2) is 0 Å². The summed E-state index contributed by atoms with van der Waals surface area (Å²) < 4.78 is 0. The summed E-state index contributed by atoms with van der Waals surface area (Å²) in [6.45, 7) is 7.10. The summed E-state index contributed by atoms with van der Waals surface area (Å²) in [5.74, 6) is 1.28. The van der Waals surface area contributed by atoms with Crippen LogP contribution >= 0.6 is 11.8 Å². The average molecular weight is 276 g/mol. The first kappa shape index (κ1) is 15.0. The highest BCUT2D eigenvalue weighted by atomic mass is 32.2. The quantitative estimate of drug-likeness (QED) is 0.553. The molecule has 1 atom stereocenters. The first-order valence-electron chi connectivity index (χ1n) is 7.96. The van der Waals surface area contributed by atoms with Gasteiger partial charge in [0.25, 0.3) is 0 Å². The summed E-state index contributed by atoms with van der Waals surface area (Å²) in [5.41, 5.74) is 3.55. The molecule has 1 aromatic carbocycles. The third-order valence-electron chi connectivity index (χ3n) is 4.75. The van der Waals surface area contributed by atoms with Crippen LogP contribution in [-0.4, -0.2) is 5.75 Å². The fourth-order valence-corrected chi connectivity index (χ4v) is 4.08. The standard InChI is InChI=1S/C18H28S/c1-4-6-7-8-12-18(3,5-2)16-9-10-17-15(14-16)11-13-19-17/h9-10,14H,4-8,11-13H2,1-3H3. The van der Waals surface area contributed by atoms with Gasteiger partial charge in [0.1, 0.15) is 0 Å². The normalized spacial score (nSPS) is 17.2. The molecular weight excluding hydrogens is 248 g/mol. The molecule has 0 aromatic heterocycles. The Kier molecular flexibility index (Phi) is 5.38. The van der Waals surface area contributed by atoms with Crippen molar-refractivity contribution in [3.8, 4) is 0 Å². The Labute approximate surface area is 123 Å². The summed E-state index contributed by atoms with van der Waals surface area (Å²) in [4.78, 5) is 1.52. The SMILES string of the molecule is CCCCCCC(C)(CC)c1ccc2c(c1)CCS2. The highest BCUT2D eigenvalue weighted by molar-refractivity contribution is 7.99. The van der Waals surface area contributed by atoms with Crippen LogP contribution in [0.25, 0.3) is 0 Å². The molecule has 106 valence electrons. The van der Waals surface area contributed by atoms with E-state index in [1.165, 1.54) is 55.6 Å². The van der Waals surface area contributed by atoms with Crippen molar-refractivity contribution in [1.82, 2.24) is 0 Å². The molecule has 1 aromatic rings. The number of aryl methyl sites for hydroxylation is 1. The van der Waals surface area contributed by atoms with E-state index < -0.39 is 0 Å². The molecule has 0 saturated heterocycles. The van der Waals surface area contributed by atoms with Gasteiger partial charge in [-0.05, 0) is 41.9 Å². The maximum atomic E-state index is 2.50. The molecule has 1 unspecified atom stereocenters. The minimum Gasteiger partial charge on any atom is -0.126 e. The second kappa shape index (κ2) is 6.83. The van der Waals surface area contributed by atoms with Crippen LogP contribution in [0.2, 0.25) is 0 Å². The molecule has 1 heteroatoms. The van der Waals surface area contributed by atoms with E-state index in [0.29, 0.717) is 5.41 Å². The van der Waals surface area contributed by atoms with Crippen LogP contribution in [0.15, 0.2) is 23.1 Å². The maximum Gasteiger partial charge on any atom is 0.0105 e. The van der Waals surface area contributed by atoms with Gasteiger partial charge >= 0.3 is 0 Å². The lowest BCUT2D eigenvalue weighted by molar-refractivity contribution is 0.395. The van der Waals surface area contributed by atoms with E-state index >= 15 is 0 Å². The molecule has 1 aliphatic rings. The second-order valence-electron chi connectivity index (χ2n) is 6.15. The molecule has 2 rings (SSSR count). The number of hydrogen-bond donors (Lipinski definition) is 0. The maximum absolute atomic E-state index is 2.50. The van der Waals surface area contributed by atoms with Crippen molar-refractivity contribution in [2.45, 2.75) is 76.0 Å². The van der Waals surface area contributed by atoms with Crippen molar-refractivity contribution in [3.63, 3.8) is 0 Å². The van der Waals surface area contributed by atoms with Crippen LogP contribution in [0, 0.1) is 0 Å². The number of hydrogen-bond acceptors (Lipinski definition) is 1. The Morgan fingerprint density at radius 2 is 2.00 bits per heavy atom. The van der Waals surface area contributed by atoms with Crippen LogP contribution in [0.1, 0.15) is 70.4 Å². The lowest BCUT2D eigenvalue weighted by Gasteiger charge is -2.29. The van der Waals surface area contributed by atoms with E-state index in [0.717, 1.165) is 0 Å². The third-order valence-corrected chi connectivity index (χ3v) is 5.87. The first-order chi connectivity index (χ1) is 9.19. The molecule has 0 amide bonds. The summed E-state index contributed by atoms with van der Waals surface area (Å²) in [6, 6.07) is 7.25. The van der Waals surface area contributed by atoms with Crippen molar-refractivity contribution < 1.29 is 0 Å². The van der Waals surface area contributed by atoms with E-state index in [9.17, 15) is 0 Å². The number of rotatable bonds is 7. The Balaban J connectivity index is 2.07. The molecule has 19 heavy (non-hydrogen) atoms. The zero-order valence-corrected chi connectivity index (χ0v) is 13.6. The van der Waals surface area contributed by atoms with Gasteiger partial charge in [-0.15, -0.1) is 11.8 Å². The average Bonchev–Trinajstić information content (AvgIpc) is 2.90.